The number of carbonyl (C=O) groups excluding carboxylic acids is 1. The molecule has 136 valence electrons. The molecule has 2 rings (SSSR count). The summed E-state index contributed by atoms with van der Waals surface area (Å²) in [6.07, 6.45) is -4.32. The van der Waals surface area contributed by atoms with Gasteiger partial charge in [-0.05, 0) is 24.6 Å². The van der Waals surface area contributed by atoms with Gasteiger partial charge in [-0.1, -0.05) is 6.07 Å². The number of carbonyl (C=O) groups is 1. The maximum atomic E-state index is 14.2. The van der Waals surface area contributed by atoms with Crippen LogP contribution >= 0.6 is 0 Å². The van der Waals surface area contributed by atoms with Gasteiger partial charge in [0.05, 0.1) is 12.2 Å². The summed E-state index contributed by atoms with van der Waals surface area (Å²) in [6, 6.07) is 3.38. The first kappa shape index (κ1) is 18.7. The minimum Gasteiger partial charge on any atom is -0.382 e. The van der Waals surface area contributed by atoms with Crippen LogP contribution in [0.5, 0.6) is 0 Å². The third-order valence-electron chi connectivity index (χ3n) is 3.38. The number of aliphatic hydroxyl groups is 1. The molecule has 0 aliphatic rings. The highest BCUT2D eigenvalue weighted by Crippen LogP contribution is 2.19. The standard InChI is InChI=1S/C15H16F4N4O2/c1-9-20-4-5-23(9)12-3-2-10(6-11(12)16)7-21-14(25)22-8-13(24)15(17,18)19/h2-6,13,24H,7-8H2,1H3,(H2,21,22,25)/t13-/m0/s1. The Morgan fingerprint density at radius 1 is 1.36 bits per heavy atom. The highest BCUT2D eigenvalue weighted by Gasteiger charge is 2.38. The number of imidazole rings is 1. The average Bonchev–Trinajstić information content (AvgIpc) is 2.95. The second kappa shape index (κ2) is 7.51. The fourth-order valence-corrected chi connectivity index (χ4v) is 2.04. The van der Waals surface area contributed by atoms with E-state index in [0.717, 1.165) is 0 Å². The molecule has 0 saturated carbocycles. The zero-order valence-corrected chi connectivity index (χ0v) is 13.1. The lowest BCUT2D eigenvalue weighted by atomic mass is 10.2. The van der Waals surface area contributed by atoms with E-state index in [-0.39, 0.29) is 12.2 Å². The van der Waals surface area contributed by atoms with Crippen molar-refractivity contribution in [2.75, 3.05) is 6.54 Å². The summed E-state index contributed by atoms with van der Waals surface area (Å²) in [7, 11) is 0. The maximum Gasteiger partial charge on any atom is 0.416 e. The molecule has 0 aliphatic heterocycles. The van der Waals surface area contributed by atoms with Crippen molar-refractivity contribution in [1.29, 1.82) is 0 Å². The minimum absolute atomic E-state index is 0.0892. The molecule has 0 unspecified atom stereocenters. The quantitative estimate of drug-likeness (QED) is 0.714. The summed E-state index contributed by atoms with van der Waals surface area (Å²) in [6.45, 7) is 0.658. The molecule has 1 atom stereocenters. The number of nitrogens with one attached hydrogen (secondary N) is 2. The number of halogens is 4. The number of hydrogen-bond acceptors (Lipinski definition) is 3. The van der Waals surface area contributed by atoms with E-state index in [1.54, 1.807) is 23.8 Å². The van der Waals surface area contributed by atoms with Gasteiger partial charge < -0.3 is 20.3 Å². The molecule has 3 N–H and O–H groups in total. The number of urea groups is 1. The van der Waals surface area contributed by atoms with Gasteiger partial charge >= 0.3 is 12.2 Å². The summed E-state index contributed by atoms with van der Waals surface area (Å²) in [5, 5.41) is 12.9. The molecular weight excluding hydrogens is 344 g/mol. The van der Waals surface area contributed by atoms with Crippen LogP contribution in [0.15, 0.2) is 30.6 Å². The molecule has 0 spiro atoms. The number of amides is 2. The molecule has 1 aromatic carbocycles. The first-order valence-corrected chi connectivity index (χ1v) is 7.23. The number of aromatic nitrogens is 2. The van der Waals surface area contributed by atoms with Crippen LogP contribution in [0.25, 0.3) is 5.69 Å². The summed E-state index contributed by atoms with van der Waals surface area (Å²) >= 11 is 0. The molecule has 0 fully saturated rings. The van der Waals surface area contributed by atoms with Crippen molar-refractivity contribution < 1.29 is 27.5 Å². The fraction of sp³-hybridized carbons (Fsp3) is 0.333. The van der Waals surface area contributed by atoms with Gasteiger partial charge in [0.25, 0.3) is 0 Å². The van der Waals surface area contributed by atoms with E-state index in [1.165, 1.54) is 18.3 Å². The van der Waals surface area contributed by atoms with Gasteiger partial charge in [-0.25, -0.2) is 14.2 Å². The van der Waals surface area contributed by atoms with Gasteiger partial charge in [-0.3, -0.25) is 0 Å². The molecule has 2 amide bonds. The van der Waals surface area contributed by atoms with E-state index in [9.17, 15) is 22.4 Å². The van der Waals surface area contributed by atoms with Crippen LogP contribution in [0.3, 0.4) is 0 Å². The molecule has 2 aromatic rings. The lowest BCUT2D eigenvalue weighted by Crippen LogP contribution is -2.44. The van der Waals surface area contributed by atoms with Crippen molar-refractivity contribution in [2.45, 2.75) is 25.7 Å². The molecule has 0 aliphatic carbocycles. The van der Waals surface area contributed by atoms with Crippen molar-refractivity contribution in [3.8, 4) is 5.69 Å². The van der Waals surface area contributed by atoms with Crippen LogP contribution in [-0.4, -0.2) is 39.5 Å². The van der Waals surface area contributed by atoms with Gasteiger partial charge in [-0.15, -0.1) is 0 Å². The van der Waals surface area contributed by atoms with Crippen molar-refractivity contribution >= 4 is 6.03 Å². The molecule has 0 saturated heterocycles. The van der Waals surface area contributed by atoms with Gasteiger partial charge in [-0.2, -0.15) is 13.2 Å². The van der Waals surface area contributed by atoms with Crippen LogP contribution in [0.2, 0.25) is 0 Å². The Bertz CT molecular complexity index is 745. The molecule has 25 heavy (non-hydrogen) atoms. The number of benzene rings is 1. The first-order chi connectivity index (χ1) is 11.7. The Kier molecular flexibility index (Phi) is 5.62. The van der Waals surface area contributed by atoms with E-state index < -0.39 is 30.7 Å². The molecule has 6 nitrogen and oxygen atoms in total. The normalized spacial score (nSPS) is 12.7. The fourth-order valence-electron chi connectivity index (χ4n) is 2.04. The highest BCUT2D eigenvalue weighted by atomic mass is 19.4. The Morgan fingerprint density at radius 3 is 2.64 bits per heavy atom. The van der Waals surface area contributed by atoms with E-state index >= 15 is 0 Å². The van der Waals surface area contributed by atoms with Crippen molar-refractivity contribution in [3.63, 3.8) is 0 Å². The summed E-state index contributed by atoms with van der Waals surface area (Å²) in [5.41, 5.74) is 0.710. The van der Waals surface area contributed by atoms with E-state index in [2.05, 4.69) is 10.3 Å². The van der Waals surface area contributed by atoms with Crippen molar-refractivity contribution in [3.05, 3.63) is 47.8 Å². The van der Waals surface area contributed by atoms with Gasteiger partial charge in [0.1, 0.15) is 11.6 Å². The number of aliphatic hydroxyl groups excluding tert-OH is 1. The zero-order chi connectivity index (χ0) is 18.6. The third-order valence-corrected chi connectivity index (χ3v) is 3.38. The minimum atomic E-state index is -4.81. The largest absolute Gasteiger partial charge is 0.416 e. The number of hydrogen-bond donors (Lipinski definition) is 3. The molecule has 1 aromatic heterocycles. The Hall–Kier alpha value is -2.62. The van der Waals surface area contributed by atoms with E-state index in [0.29, 0.717) is 11.4 Å². The molecule has 0 radical (unpaired) electrons. The SMILES string of the molecule is Cc1nccn1-c1ccc(CNC(=O)NC[C@H](O)C(F)(F)F)cc1F. The van der Waals surface area contributed by atoms with Crippen LogP contribution in [0.1, 0.15) is 11.4 Å². The van der Waals surface area contributed by atoms with Crippen LogP contribution < -0.4 is 10.6 Å². The average molecular weight is 360 g/mol. The number of aryl methyl sites for hydroxylation is 1. The molecule has 1 heterocycles. The van der Waals surface area contributed by atoms with Crippen molar-refractivity contribution in [2.24, 2.45) is 0 Å². The second-order valence-electron chi connectivity index (χ2n) is 5.25. The molecular formula is C15H16F4N4O2. The Morgan fingerprint density at radius 2 is 2.08 bits per heavy atom. The van der Waals surface area contributed by atoms with Crippen molar-refractivity contribution in [1.82, 2.24) is 20.2 Å². The Labute approximate surface area is 140 Å². The zero-order valence-electron chi connectivity index (χ0n) is 13.1. The van der Waals surface area contributed by atoms with Crippen LogP contribution in [0.4, 0.5) is 22.4 Å². The van der Waals surface area contributed by atoms with Gasteiger partial charge in [0, 0.05) is 18.9 Å². The molecule has 0 bridgehead atoms. The van der Waals surface area contributed by atoms with E-state index in [4.69, 9.17) is 5.11 Å². The lowest BCUT2D eigenvalue weighted by Gasteiger charge is -2.15. The lowest BCUT2D eigenvalue weighted by molar-refractivity contribution is -0.201. The topological polar surface area (TPSA) is 79.2 Å². The number of alkyl halides is 3. The van der Waals surface area contributed by atoms with Crippen LogP contribution in [-0.2, 0) is 6.54 Å². The predicted molar refractivity (Wildman–Crippen MR) is 80.6 cm³/mol. The predicted octanol–water partition coefficient (Wildman–Crippen LogP) is 2.04. The first-order valence-electron chi connectivity index (χ1n) is 7.23. The van der Waals surface area contributed by atoms with Gasteiger partial charge in [0.15, 0.2) is 6.10 Å². The third kappa shape index (κ3) is 4.92. The summed E-state index contributed by atoms with van der Waals surface area (Å²) < 4.78 is 52.0. The van der Waals surface area contributed by atoms with Crippen LogP contribution in [0, 0.1) is 12.7 Å². The maximum absolute atomic E-state index is 14.2. The molecule has 10 heteroatoms. The monoisotopic (exact) mass is 360 g/mol. The second-order valence-corrected chi connectivity index (χ2v) is 5.25. The van der Waals surface area contributed by atoms with E-state index in [1.807, 2.05) is 5.32 Å². The summed E-state index contributed by atoms with van der Waals surface area (Å²) in [4.78, 5) is 15.4. The summed E-state index contributed by atoms with van der Waals surface area (Å²) in [5.74, 6) is 0.0701. The van der Waals surface area contributed by atoms with Gasteiger partial charge in [0.2, 0.25) is 0 Å². The smallest absolute Gasteiger partial charge is 0.382 e. The highest BCUT2D eigenvalue weighted by molar-refractivity contribution is 5.73. The Balaban J connectivity index is 1.90. The number of rotatable bonds is 5. The number of nitrogens with zero attached hydrogens (tertiary/aromatic N) is 2.